The van der Waals surface area contributed by atoms with Crippen molar-refractivity contribution in [2.45, 2.75) is 65.5 Å². The van der Waals surface area contributed by atoms with Crippen LogP contribution in [0.1, 0.15) is 52.2 Å². The fraction of sp³-hybridized carbons (Fsp3) is 0.583. The molecular weight excluding hydrogens is 412 g/mol. The largest absolute Gasteiger partial charge is 0.328 e. The number of fused-ring (bicyclic) bond motifs is 1. The van der Waals surface area contributed by atoms with Crippen molar-refractivity contribution >= 4 is 11.7 Å². The van der Waals surface area contributed by atoms with Gasteiger partial charge in [-0.15, -0.1) is 0 Å². The highest BCUT2D eigenvalue weighted by Gasteiger charge is 2.24. The van der Waals surface area contributed by atoms with Crippen molar-refractivity contribution < 1.29 is 13.6 Å². The molecule has 3 rings (SSSR count). The third-order valence-corrected chi connectivity index (χ3v) is 5.78. The van der Waals surface area contributed by atoms with Gasteiger partial charge in [-0.2, -0.15) is 0 Å². The molecule has 32 heavy (non-hydrogen) atoms. The molecule has 1 aromatic carbocycles. The van der Waals surface area contributed by atoms with Gasteiger partial charge in [0.2, 0.25) is 5.91 Å². The van der Waals surface area contributed by atoms with E-state index in [9.17, 15) is 13.6 Å². The molecule has 1 aromatic heterocycles. The molecule has 6 nitrogen and oxygen atoms in total. The van der Waals surface area contributed by atoms with Gasteiger partial charge < -0.3 is 20.5 Å². The maximum atomic E-state index is 14.1. The maximum Gasteiger partial charge on any atom is 0.239 e. The van der Waals surface area contributed by atoms with Gasteiger partial charge in [0.15, 0.2) is 5.82 Å². The van der Waals surface area contributed by atoms with Gasteiger partial charge in [0.25, 0.3) is 0 Å². The summed E-state index contributed by atoms with van der Waals surface area (Å²) in [6.07, 6.45) is 5.32. The molecule has 0 aliphatic heterocycles. The van der Waals surface area contributed by atoms with E-state index in [0.717, 1.165) is 31.1 Å². The van der Waals surface area contributed by atoms with E-state index >= 15 is 0 Å². The van der Waals surface area contributed by atoms with E-state index in [1.165, 1.54) is 6.07 Å². The summed E-state index contributed by atoms with van der Waals surface area (Å²) >= 11 is 0. The highest BCUT2D eigenvalue weighted by atomic mass is 19.1. The van der Waals surface area contributed by atoms with Gasteiger partial charge in [-0.25, -0.2) is 13.8 Å². The fourth-order valence-corrected chi connectivity index (χ4v) is 3.94. The molecule has 0 spiro atoms. The summed E-state index contributed by atoms with van der Waals surface area (Å²) in [5.74, 6) is -0.763. The molecule has 176 valence electrons. The first-order valence-corrected chi connectivity index (χ1v) is 11.2. The van der Waals surface area contributed by atoms with Gasteiger partial charge in [-0.3, -0.25) is 4.79 Å². The summed E-state index contributed by atoms with van der Waals surface area (Å²) in [4.78, 5) is 16.7. The zero-order chi connectivity index (χ0) is 23.5. The molecule has 0 bridgehead atoms. The lowest BCUT2D eigenvalue weighted by Gasteiger charge is -2.29. The number of aromatic nitrogens is 2. The predicted molar refractivity (Wildman–Crippen MR) is 123 cm³/mol. The number of carbonyl (C=O) groups is 1. The number of benzene rings is 1. The molecule has 1 heterocycles. The zero-order valence-corrected chi connectivity index (χ0v) is 19.7. The van der Waals surface area contributed by atoms with Crippen molar-refractivity contribution in [1.82, 2.24) is 20.2 Å². The third-order valence-electron chi connectivity index (χ3n) is 5.78. The monoisotopic (exact) mass is 447 g/mol. The molecule has 1 amide bonds. The Morgan fingerprint density at radius 1 is 1.19 bits per heavy atom. The molecule has 0 saturated carbocycles. The van der Waals surface area contributed by atoms with Crippen LogP contribution in [0, 0.1) is 17.0 Å². The van der Waals surface area contributed by atoms with Crippen LogP contribution < -0.4 is 16.0 Å². The molecule has 0 fully saturated rings. The van der Waals surface area contributed by atoms with Crippen molar-refractivity contribution in [3.8, 4) is 0 Å². The quantitative estimate of drug-likeness (QED) is 0.578. The van der Waals surface area contributed by atoms with Crippen LogP contribution in [0.25, 0.3) is 0 Å². The van der Waals surface area contributed by atoms with Gasteiger partial charge in [-0.05, 0) is 55.7 Å². The highest BCUT2D eigenvalue weighted by molar-refractivity contribution is 5.91. The minimum atomic E-state index is -0.542. The van der Waals surface area contributed by atoms with Crippen LogP contribution in [0.4, 0.5) is 14.6 Å². The van der Waals surface area contributed by atoms with Crippen molar-refractivity contribution in [3.05, 3.63) is 47.4 Å². The van der Waals surface area contributed by atoms with Crippen molar-refractivity contribution in [2.75, 3.05) is 25.0 Å². The minimum Gasteiger partial charge on any atom is -0.328 e. The first-order valence-electron chi connectivity index (χ1n) is 11.2. The summed E-state index contributed by atoms with van der Waals surface area (Å²) in [5, 5.41) is 9.49. The Morgan fingerprint density at radius 3 is 2.66 bits per heavy atom. The summed E-state index contributed by atoms with van der Waals surface area (Å²) in [7, 11) is 0. The summed E-state index contributed by atoms with van der Waals surface area (Å²) in [6.45, 7) is 12.6. The van der Waals surface area contributed by atoms with Crippen LogP contribution in [0.15, 0.2) is 24.7 Å². The van der Waals surface area contributed by atoms with Crippen LogP contribution in [-0.4, -0.2) is 41.1 Å². The number of halogens is 2. The molecule has 0 radical (unpaired) electrons. The Balaban J connectivity index is 1.48. The van der Waals surface area contributed by atoms with E-state index in [0.29, 0.717) is 24.2 Å². The number of aryl methyl sites for hydroxylation is 1. The molecule has 0 saturated heterocycles. The lowest BCUT2D eigenvalue weighted by molar-refractivity contribution is -0.115. The van der Waals surface area contributed by atoms with E-state index in [-0.39, 0.29) is 29.4 Å². The number of imidazole rings is 1. The van der Waals surface area contributed by atoms with Crippen LogP contribution in [-0.2, 0) is 23.2 Å². The number of hydrogen-bond donors (Lipinski definition) is 3. The predicted octanol–water partition coefficient (Wildman–Crippen LogP) is 3.62. The number of nitrogens with one attached hydrogen (secondary N) is 3. The van der Waals surface area contributed by atoms with E-state index < -0.39 is 11.6 Å². The normalized spacial score (nSPS) is 16.7. The SMILES string of the molecule is CC(C)(C)CNCC(C)(C)n1cnc(NC(=O)CNC2CCc3cc(F)cc(F)c3C2)c1. The fourth-order valence-electron chi connectivity index (χ4n) is 3.94. The van der Waals surface area contributed by atoms with E-state index in [4.69, 9.17) is 0 Å². The van der Waals surface area contributed by atoms with Gasteiger partial charge in [0.1, 0.15) is 11.6 Å². The molecule has 3 N–H and O–H groups in total. The van der Waals surface area contributed by atoms with E-state index in [1.54, 1.807) is 6.33 Å². The maximum absolute atomic E-state index is 14.1. The smallest absolute Gasteiger partial charge is 0.239 e. The number of amides is 1. The van der Waals surface area contributed by atoms with Crippen LogP contribution in [0.3, 0.4) is 0 Å². The molecule has 1 unspecified atom stereocenters. The van der Waals surface area contributed by atoms with E-state index in [2.05, 4.69) is 55.6 Å². The molecule has 1 atom stereocenters. The van der Waals surface area contributed by atoms with Gasteiger partial charge in [0, 0.05) is 31.4 Å². The van der Waals surface area contributed by atoms with Crippen molar-refractivity contribution in [2.24, 2.45) is 5.41 Å². The summed E-state index contributed by atoms with van der Waals surface area (Å²) in [5.41, 5.74) is 1.27. The zero-order valence-electron chi connectivity index (χ0n) is 19.7. The molecule has 1 aliphatic carbocycles. The highest BCUT2D eigenvalue weighted by Crippen LogP contribution is 2.25. The Morgan fingerprint density at radius 2 is 1.94 bits per heavy atom. The van der Waals surface area contributed by atoms with Gasteiger partial charge in [0.05, 0.1) is 18.4 Å². The average molecular weight is 448 g/mol. The average Bonchev–Trinajstić information content (AvgIpc) is 3.14. The number of rotatable bonds is 8. The lowest BCUT2D eigenvalue weighted by atomic mass is 9.88. The Labute approximate surface area is 189 Å². The first-order chi connectivity index (χ1) is 14.9. The van der Waals surface area contributed by atoms with Crippen molar-refractivity contribution in [1.29, 1.82) is 0 Å². The Hall–Kier alpha value is -2.32. The van der Waals surface area contributed by atoms with Gasteiger partial charge >= 0.3 is 0 Å². The minimum absolute atomic E-state index is 0.0291. The van der Waals surface area contributed by atoms with E-state index in [1.807, 2.05) is 10.8 Å². The van der Waals surface area contributed by atoms with Crippen LogP contribution >= 0.6 is 0 Å². The number of carbonyl (C=O) groups excluding carboxylic acids is 1. The molecule has 2 aromatic rings. The second-order valence-corrected chi connectivity index (χ2v) is 10.5. The standard InChI is InChI=1S/C24H35F2N5O/c1-23(2,3)13-27-14-24(4,5)31-12-21(29-15-31)30-22(32)11-28-18-7-6-16-8-17(25)9-20(26)19(16)10-18/h8-9,12,15,18,27-28H,6-7,10-11,13-14H2,1-5H3,(H,30,32). The molecular formula is C24H35F2N5O. The topological polar surface area (TPSA) is 71.0 Å². The molecule has 8 heteroatoms. The van der Waals surface area contributed by atoms with Crippen LogP contribution in [0.5, 0.6) is 0 Å². The third kappa shape index (κ3) is 6.59. The molecule has 1 aliphatic rings. The Kier molecular flexibility index (Phi) is 7.35. The summed E-state index contributed by atoms with van der Waals surface area (Å²) in [6, 6.07) is 2.29. The van der Waals surface area contributed by atoms with Crippen molar-refractivity contribution in [3.63, 3.8) is 0 Å². The first kappa shape index (κ1) is 24.3. The number of nitrogens with zero attached hydrogens (tertiary/aromatic N) is 2. The number of anilines is 1. The Bertz CT molecular complexity index is 948. The van der Waals surface area contributed by atoms with Gasteiger partial charge in [-0.1, -0.05) is 20.8 Å². The van der Waals surface area contributed by atoms with Crippen LogP contribution in [0.2, 0.25) is 0 Å². The number of hydrogen-bond acceptors (Lipinski definition) is 4. The summed E-state index contributed by atoms with van der Waals surface area (Å²) < 4.78 is 29.4. The second kappa shape index (κ2) is 9.67. The second-order valence-electron chi connectivity index (χ2n) is 10.5. The lowest BCUT2D eigenvalue weighted by Crippen LogP contribution is -2.40.